The average molecular weight is 265 g/mol. The Balaban J connectivity index is 1.82. The highest BCUT2D eigenvalue weighted by atomic mass is 16.1. The number of amides is 1. The Kier molecular flexibility index (Phi) is 3.20. The summed E-state index contributed by atoms with van der Waals surface area (Å²) in [6, 6.07) is 9.37. The maximum Gasteiger partial charge on any atom is 0.258 e. The van der Waals surface area contributed by atoms with Crippen molar-refractivity contribution in [1.82, 2.24) is 20.2 Å². The van der Waals surface area contributed by atoms with Gasteiger partial charge in [0.2, 0.25) is 0 Å². The lowest BCUT2D eigenvalue weighted by atomic mass is 10.1. The maximum absolute atomic E-state index is 12.0. The molecule has 0 spiro atoms. The fourth-order valence-electron chi connectivity index (χ4n) is 1.80. The van der Waals surface area contributed by atoms with E-state index < -0.39 is 0 Å². The molecule has 2 aromatic heterocycles. The van der Waals surface area contributed by atoms with Crippen molar-refractivity contribution in [3.05, 3.63) is 60.8 Å². The van der Waals surface area contributed by atoms with Crippen LogP contribution in [0.1, 0.15) is 10.4 Å². The van der Waals surface area contributed by atoms with Gasteiger partial charge in [-0.2, -0.15) is 5.10 Å². The monoisotopic (exact) mass is 265 g/mol. The molecule has 0 saturated carbocycles. The number of nitrogens with one attached hydrogen (secondary N) is 2. The lowest BCUT2D eigenvalue weighted by Gasteiger charge is -2.06. The first-order chi connectivity index (χ1) is 9.83. The van der Waals surface area contributed by atoms with Crippen LogP contribution in [0.2, 0.25) is 0 Å². The zero-order chi connectivity index (χ0) is 13.8. The third-order valence-corrected chi connectivity index (χ3v) is 2.75. The van der Waals surface area contributed by atoms with Crippen molar-refractivity contribution in [2.45, 2.75) is 0 Å². The minimum absolute atomic E-state index is 0.243. The molecule has 3 rings (SSSR count). The summed E-state index contributed by atoms with van der Waals surface area (Å²) in [5, 5.41) is 9.60. The molecule has 6 heteroatoms. The van der Waals surface area contributed by atoms with Crippen LogP contribution in [0.4, 0.5) is 5.69 Å². The second-order valence-corrected chi connectivity index (χ2v) is 4.13. The number of aromatic amines is 1. The minimum Gasteiger partial charge on any atom is -0.322 e. The van der Waals surface area contributed by atoms with Gasteiger partial charge in [-0.15, -0.1) is 0 Å². The number of aromatic nitrogens is 4. The molecule has 0 aliphatic heterocycles. The van der Waals surface area contributed by atoms with E-state index in [2.05, 4.69) is 25.5 Å². The molecule has 98 valence electrons. The Hall–Kier alpha value is -3.02. The first-order valence-corrected chi connectivity index (χ1v) is 5.99. The van der Waals surface area contributed by atoms with Gasteiger partial charge in [-0.05, 0) is 18.2 Å². The number of carbonyl (C=O) groups is 1. The standard InChI is InChI=1S/C14H11N5O/c20-14(11-7-15-9-16-8-11)18-12-3-1-2-10(6-12)13-4-5-17-19-13/h1-9H,(H,17,19)(H,18,20). The molecule has 2 heterocycles. The summed E-state index contributed by atoms with van der Waals surface area (Å²) < 4.78 is 0. The molecule has 6 nitrogen and oxygen atoms in total. The van der Waals surface area contributed by atoms with Gasteiger partial charge in [0.25, 0.3) is 5.91 Å². The highest BCUT2D eigenvalue weighted by molar-refractivity contribution is 6.04. The molecular formula is C14H11N5O. The van der Waals surface area contributed by atoms with Crippen LogP contribution in [0.15, 0.2) is 55.2 Å². The van der Waals surface area contributed by atoms with E-state index in [4.69, 9.17) is 0 Å². The van der Waals surface area contributed by atoms with Gasteiger partial charge >= 0.3 is 0 Å². The van der Waals surface area contributed by atoms with E-state index in [-0.39, 0.29) is 5.91 Å². The molecule has 0 atom stereocenters. The molecule has 0 bridgehead atoms. The fourth-order valence-corrected chi connectivity index (χ4v) is 1.80. The molecular weight excluding hydrogens is 254 g/mol. The number of H-pyrrole nitrogens is 1. The van der Waals surface area contributed by atoms with Crippen LogP contribution < -0.4 is 5.32 Å². The van der Waals surface area contributed by atoms with Crippen LogP contribution in [-0.2, 0) is 0 Å². The number of carbonyl (C=O) groups excluding carboxylic acids is 1. The second kappa shape index (κ2) is 5.31. The largest absolute Gasteiger partial charge is 0.322 e. The predicted molar refractivity (Wildman–Crippen MR) is 74.0 cm³/mol. The summed E-state index contributed by atoms with van der Waals surface area (Å²) in [4.78, 5) is 19.6. The molecule has 2 N–H and O–H groups in total. The Morgan fingerprint density at radius 2 is 2.00 bits per heavy atom. The molecule has 3 aromatic rings. The molecule has 20 heavy (non-hydrogen) atoms. The normalized spacial score (nSPS) is 10.2. The summed E-state index contributed by atoms with van der Waals surface area (Å²) in [5.41, 5.74) is 2.96. The van der Waals surface area contributed by atoms with E-state index in [1.165, 1.54) is 18.7 Å². The van der Waals surface area contributed by atoms with E-state index in [1.807, 2.05) is 30.3 Å². The molecule has 1 amide bonds. The number of anilines is 1. The molecule has 0 fully saturated rings. The van der Waals surface area contributed by atoms with Crippen molar-refractivity contribution < 1.29 is 4.79 Å². The van der Waals surface area contributed by atoms with Crippen LogP contribution >= 0.6 is 0 Å². The number of hydrogen-bond donors (Lipinski definition) is 2. The van der Waals surface area contributed by atoms with Crippen LogP contribution in [0.25, 0.3) is 11.3 Å². The Morgan fingerprint density at radius 1 is 1.15 bits per heavy atom. The SMILES string of the molecule is O=C(Nc1cccc(-c2ccn[nH]2)c1)c1cncnc1. The van der Waals surface area contributed by atoms with Gasteiger partial charge in [-0.25, -0.2) is 9.97 Å². The smallest absolute Gasteiger partial charge is 0.258 e. The second-order valence-electron chi connectivity index (χ2n) is 4.13. The van der Waals surface area contributed by atoms with Gasteiger partial charge in [0, 0.05) is 29.8 Å². The molecule has 1 aromatic carbocycles. The molecule has 0 unspecified atom stereocenters. The zero-order valence-corrected chi connectivity index (χ0v) is 10.4. The topological polar surface area (TPSA) is 83.6 Å². The molecule has 0 saturated heterocycles. The van der Waals surface area contributed by atoms with Crippen molar-refractivity contribution in [3.63, 3.8) is 0 Å². The molecule has 0 aliphatic carbocycles. The molecule has 0 radical (unpaired) electrons. The lowest BCUT2D eigenvalue weighted by Crippen LogP contribution is -2.12. The Labute approximate surface area is 114 Å². The van der Waals surface area contributed by atoms with Crippen LogP contribution in [0.3, 0.4) is 0 Å². The third-order valence-electron chi connectivity index (χ3n) is 2.75. The van der Waals surface area contributed by atoms with Crippen LogP contribution in [0.5, 0.6) is 0 Å². The summed E-state index contributed by atoms with van der Waals surface area (Å²) in [6.45, 7) is 0. The summed E-state index contributed by atoms with van der Waals surface area (Å²) in [6.07, 6.45) is 6.01. The lowest BCUT2D eigenvalue weighted by molar-refractivity contribution is 0.102. The summed E-state index contributed by atoms with van der Waals surface area (Å²) in [7, 11) is 0. The van der Waals surface area contributed by atoms with Crippen molar-refractivity contribution in [1.29, 1.82) is 0 Å². The zero-order valence-electron chi connectivity index (χ0n) is 10.4. The average Bonchev–Trinajstić information content (AvgIpc) is 3.03. The van der Waals surface area contributed by atoms with Crippen molar-refractivity contribution >= 4 is 11.6 Å². The third kappa shape index (κ3) is 2.54. The van der Waals surface area contributed by atoms with Gasteiger partial charge in [0.15, 0.2) is 0 Å². The highest BCUT2D eigenvalue weighted by Crippen LogP contribution is 2.20. The van der Waals surface area contributed by atoms with Crippen LogP contribution in [0, 0.1) is 0 Å². The summed E-state index contributed by atoms with van der Waals surface area (Å²) >= 11 is 0. The Bertz CT molecular complexity index is 709. The fraction of sp³-hybridized carbons (Fsp3) is 0. The van der Waals surface area contributed by atoms with E-state index in [1.54, 1.807) is 6.20 Å². The minimum atomic E-state index is -0.243. The van der Waals surface area contributed by atoms with Crippen molar-refractivity contribution in [2.24, 2.45) is 0 Å². The van der Waals surface area contributed by atoms with E-state index in [9.17, 15) is 4.79 Å². The number of rotatable bonds is 3. The van der Waals surface area contributed by atoms with Crippen molar-refractivity contribution in [3.8, 4) is 11.3 Å². The number of hydrogen-bond acceptors (Lipinski definition) is 4. The van der Waals surface area contributed by atoms with Crippen molar-refractivity contribution in [2.75, 3.05) is 5.32 Å². The van der Waals surface area contributed by atoms with Crippen LogP contribution in [-0.4, -0.2) is 26.1 Å². The van der Waals surface area contributed by atoms with Gasteiger partial charge in [-0.3, -0.25) is 9.89 Å². The van der Waals surface area contributed by atoms with E-state index in [0.717, 1.165) is 11.3 Å². The number of nitrogens with zero attached hydrogens (tertiary/aromatic N) is 3. The predicted octanol–water partition coefficient (Wildman–Crippen LogP) is 2.12. The van der Waals surface area contributed by atoms with E-state index >= 15 is 0 Å². The maximum atomic E-state index is 12.0. The van der Waals surface area contributed by atoms with Gasteiger partial charge in [0.1, 0.15) is 6.33 Å². The first kappa shape index (κ1) is 12.0. The first-order valence-electron chi connectivity index (χ1n) is 5.99. The number of benzene rings is 1. The highest BCUT2D eigenvalue weighted by Gasteiger charge is 2.07. The van der Waals surface area contributed by atoms with Gasteiger partial charge in [0.05, 0.1) is 11.3 Å². The quantitative estimate of drug-likeness (QED) is 0.759. The summed E-state index contributed by atoms with van der Waals surface area (Å²) in [5.74, 6) is -0.243. The van der Waals surface area contributed by atoms with Gasteiger partial charge < -0.3 is 5.32 Å². The van der Waals surface area contributed by atoms with E-state index in [0.29, 0.717) is 11.3 Å². The molecule has 0 aliphatic rings. The van der Waals surface area contributed by atoms with Gasteiger partial charge in [-0.1, -0.05) is 12.1 Å². The Morgan fingerprint density at radius 3 is 2.75 bits per heavy atom.